The Morgan fingerprint density at radius 1 is 1.00 bits per heavy atom. The van der Waals surface area contributed by atoms with Crippen LogP contribution in [-0.4, -0.2) is 31.2 Å². The van der Waals surface area contributed by atoms with Crippen LogP contribution >= 0.6 is 0 Å². The second-order valence-electron chi connectivity index (χ2n) is 5.38. The molecule has 0 aliphatic carbocycles. The molecule has 7 heteroatoms. The van der Waals surface area contributed by atoms with Crippen molar-refractivity contribution < 1.29 is 9.90 Å². The van der Waals surface area contributed by atoms with Gasteiger partial charge in [-0.1, -0.05) is 42.5 Å². The first kappa shape index (κ1) is 14.8. The Labute approximate surface area is 142 Å². The van der Waals surface area contributed by atoms with Crippen molar-refractivity contribution in [2.24, 2.45) is 0 Å². The number of aromatic carboxylic acids is 1. The summed E-state index contributed by atoms with van der Waals surface area (Å²) >= 11 is 0. The van der Waals surface area contributed by atoms with Gasteiger partial charge < -0.3 is 10.4 Å². The van der Waals surface area contributed by atoms with E-state index in [1.54, 1.807) is 0 Å². The van der Waals surface area contributed by atoms with Crippen LogP contribution in [0.1, 0.15) is 10.5 Å². The first-order chi connectivity index (χ1) is 12.2. The van der Waals surface area contributed by atoms with Crippen molar-refractivity contribution in [2.75, 3.05) is 5.32 Å². The summed E-state index contributed by atoms with van der Waals surface area (Å²) in [4.78, 5) is 20.2. The number of anilines is 2. The van der Waals surface area contributed by atoms with E-state index < -0.39 is 5.97 Å². The minimum absolute atomic E-state index is 0.0656. The summed E-state index contributed by atoms with van der Waals surface area (Å²) < 4.78 is 0. The molecule has 0 fully saturated rings. The first-order valence-electron chi connectivity index (χ1n) is 7.58. The van der Waals surface area contributed by atoms with Gasteiger partial charge in [0.2, 0.25) is 0 Å². The van der Waals surface area contributed by atoms with E-state index in [2.05, 4.69) is 25.5 Å². The number of para-hydroxylation sites is 1. The molecule has 4 aromatic rings. The Balaban J connectivity index is 1.82. The lowest BCUT2D eigenvalue weighted by atomic mass is 10.2. The molecule has 4 rings (SSSR count). The van der Waals surface area contributed by atoms with Gasteiger partial charge >= 0.3 is 5.97 Å². The quantitative estimate of drug-likeness (QED) is 0.529. The molecule has 7 nitrogen and oxygen atoms in total. The number of fused-ring (bicyclic) bond motifs is 1. The van der Waals surface area contributed by atoms with Crippen molar-refractivity contribution in [3.63, 3.8) is 0 Å². The summed E-state index contributed by atoms with van der Waals surface area (Å²) in [5.74, 6) is 0.506. The standard InChI is InChI=1S/C18H13N5O2/c24-18(25)14-10-15(23-22-14)20-17-12-8-4-5-9-13(12)19-16(21-17)11-6-2-1-3-7-11/h1-10H,(H,24,25)(H2,19,20,21,22,23). The van der Waals surface area contributed by atoms with Crippen LogP contribution in [0.15, 0.2) is 60.7 Å². The van der Waals surface area contributed by atoms with E-state index in [0.29, 0.717) is 17.5 Å². The molecule has 0 aliphatic heterocycles. The number of benzene rings is 2. The molecule has 0 radical (unpaired) electrons. The molecular formula is C18H13N5O2. The zero-order valence-electron chi connectivity index (χ0n) is 13.0. The molecule has 25 heavy (non-hydrogen) atoms. The molecule has 0 aliphatic rings. The van der Waals surface area contributed by atoms with Crippen molar-refractivity contribution in [3.05, 3.63) is 66.4 Å². The van der Waals surface area contributed by atoms with Gasteiger partial charge in [-0.05, 0) is 12.1 Å². The Bertz CT molecular complexity index is 1060. The van der Waals surface area contributed by atoms with E-state index in [4.69, 9.17) is 5.11 Å². The monoisotopic (exact) mass is 331 g/mol. The molecule has 0 unspecified atom stereocenters. The average molecular weight is 331 g/mol. The summed E-state index contributed by atoms with van der Waals surface area (Å²) in [5, 5.41) is 19.3. The van der Waals surface area contributed by atoms with Crippen LogP contribution in [0, 0.1) is 0 Å². The number of hydrogen-bond donors (Lipinski definition) is 3. The van der Waals surface area contributed by atoms with Crippen molar-refractivity contribution in [3.8, 4) is 11.4 Å². The molecule has 0 saturated carbocycles. The van der Waals surface area contributed by atoms with Gasteiger partial charge in [0.15, 0.2) is 11.5 Å². The number of aromatic nitrogens is 4. The molecule has 3 N–H and O–H groups in total. The van der Waals surface area contributed by atoms with Crippen LogP contribution in [0.3, 0.4) is 0 Å². The van der Waals surface area contributed by atoms with Crippen molar-refractivity contribution >= 4 is 28.5 Å². The average Bonchev–Trinajstić information content (AvgIpc) is 3.11. The third-order valence-electron chi connectivity index (χ3n) is 3.69. The first-order valence-corrected chi connectivity index (χ1v) is 7.58. The molecule has 0 atom stereocenters. The highest BCUT2D eigenvalue weighted by Gasteiger charge is 2.12. The number of H-pyrrole nitrogens is 1. The lowest BCUT2D eigenvalue weighted by Crippen LogP contribution is -1.99. The Morgan fingerprint density at radius 3 is 2.52 bits per heavy atom. The van der Waals surface area contributed by atoms with E-state index in [-0.39, 0.29) is 5.69 Å². The van der Waals surface area contributed by atoms with Gasteiger partial charge in [-0.2, -0.15) is 5.10 Å². The van der Waals surface area contributed by atoms with E-state index in [1.807, 2.05) is 54.6 Å². The van der Waals surface area contributed by atoms with Gasteiger partial charge in [0.05, 0.1) is 5.52 Å². The third-order valence-corrected chi connectivity index (χ3v) is 3.69. The van der Waals surface area contributed by atoms with Crippen molar-refractivity contribution in [1.29, 1.82) is 0 Å². The van der Waals surface area contributed by atoms with Crippen LogP contribution < -0.4 is 5.32 Å². The molecule has 2 heterocycles. The maximum atomic E-state index is 11.0. The van der Waals surface area contributed by atoms with Gasteiger partial charge in [-0.3, -0.25) is 5.10 Å². The predicted octanol–water partition coefficient (Wildman–Crippen LogP) is 3.46. The second-order valence-corrected chi connectivity index (χ2v) is 5.38. The van der Waals surface area contributed by atoms with Gasteiger partial charge in [0, 0.05) is 17.0 Å². The molecule has 122 valence electrons. The minimum atomic E-state index is -1.10. The van der Waals surface area contributed by atoms with E-state index >= 15 is 0 Å². The zero-order chi connectivity index (χ0) is 17.2. The molecular weight excluding hydrogens is 318 g/mol. The predicted molar refractivity (Wildman–Crippen MR) is 93.8 cm³/mol. The summed E-state index contributed by atoms with van der Waals surface area (Å²) in [6.45, 7) is 0. The summed E-state index contributed by atoms with van der Waals surface area (Å²) in [6, 6.07) is 18.7. The van der Waals surface area contributed by atoms with Crippen LogP contribution in [0.2, 0.25) is 0 Å². The van der Waals surface area contributed by atoms with E-state index in [1.165, 1.54) is 6.07 Å². The smallest absolute Gasteiger partial charge is 0.356 e. The fourth-order valence-electron chi connectivity index (χ4n) is 2.51. The minimum Gasteiger partial charge on any atom is -0.476 e. The summed E-state index contributed by atoms with van der Waals surface area (Å²) in [7, 11) is 0. The maximum Gasteiger partial charge on any atom is 0.356 e. The Hall–Kier alpha value is -3.74. The number of carbonyl (C=O) groups is 1. The maximum absolute atomic E-state index is 11.0. The number of carboxylic acid groups (broad SMARTS) is 1. The number of nitrogens with zero attached hydrogens (tertiary/aromatic N) is 3. The van der Waals surface area contributed by atoms with Crippen molar-refractivity contribution in [2.45, 2.75) is 0 Å². The second kappa shape index (κ2) is 6.04. The number of nitrogens with one attached hydrogen (secondary N) is 2. The fourth-order valence-corrected chi connectivity index (χ4v) is 2.51. The van der Waals surface area contributed by atoms with Crippen LogP contribution in [0.4, 0.5) is 11.6 Å². The van der Waals surface area contributed by atoms with E-state index in [9.17, 15) is 4.79 Å². The highest BCUT2D eigenvalue weighted by molar-refractivity contribution is 5.92. The Kier molecular flexibility index (Phi) is 3.59. The highest BCUT2D eigenvalue weighted by atomic mass is 16.4. The van der Waals surface area contributed by atoms with Gasteiger partial charge in [-0.15, -0.1) is 0 Å². The zero-order valence-corrected chi connectivity index (χ0v) is 13.0. The summed E-state index contributed by atoms with van der Waals surface area (Å²) in [6.07, 6.45) is 0. The highest BCUT2D eigenvalue weighted by Crippen LogP contribution is 2.26. The van der Waals surface area contributed by atoms with Crippen LogP contribution in [0.5, 0.6) is 0 Å². The molecule has 0 amide bonds. The van der Waals surface area contributed by atoms with Gasteiger partial charge in [0.1, 0.15) is 11.6 Å². The lowest BCUT2D eigenvalue weighted by molar-refractivity contribution is 0.0690. The molecule has 2 aromatic carbocycles. The topological polar surface area (TPSA) is 104 Å². The molecule has 2 aromatic heterocycles. The van der Waals surface area contributed by atoms with Crippen LogP contribution in [-0.2, 0) is 0 Å². The third kappa shape index (κ3) is 2.90. The SMILES string of the molecule is O=C(O)c1cc(Nc2nc(-c3ccccc3)nc3ccccc23)[nH]n1. The van der Waals surface area contributed by atoms with Crippen LogP contribution in [0.25, 0.3) is 22.3 Å². The number of aromatic amines is 1. The largest absolute Gasteiger partial charge is 0.476 e. The number of carboxylic acids is 1. The normalized spacial score (nSPS) is 10.7. The van der Waals surface area contributed by atoms with Gasteiger partial charge in [0.25, 0.3) is 0 Å². The number of hydrogen-bond acceptors (Lipinski definition) is 5. The van der Waals surface area contributed by atoms with Gasteiger partial charge in [-0.25, -0.2) is 14.8 Å². The fraction of sp³-hybridized carbons (Fsp3) is 0. The summed E-state index contributed by atoms with van der Waals surface area (Å²) in [5.41, 5.74) is 1.62. The van der Waals surface area contributed by atoms with E-state index in [0.717, 1.165) is 16.5 Å². The molecule has 0 spiro atoms. The van der Waals surface area contributed by atoms with Crippen molar-refractivity contribution in [1.82, 2.24) is 20.2 Å². The number of rotatable bonds is 4. The molecule has 0 bridgehead atoms. The lowest BCUT2D eigenvalue weighted by Gasteiger charge is -2.09. The Morgan fingerprint density at radius 2 is 1.76 bits per heavy atom. The molecule has 0 saturated heterocycles.